The summed E-state index contributed by atoms with van der Waals surface area (Å²) in [5.41, 5.74) is 8.15. The SMILES string of the molecule is CC(N)c1cccc(SCc2ccn(C)n2)c1. The third-order valence-electron chi connectivity index (χ3n) is 2.54. The lowest BCUT2D eigenvalue weighted by Crippen LogP contribution is -2.04. The zero-order chi connectivity index (χ0) is 12.3. The summed E-state index contributed by atoms with van der Waals surface area (Å²) in [5, 5.41) is 4.35. The van der Waals surface area contributed by atoms with Crippen LogP contribution in [0.3, 0.4) is 0 Å². The van der Waals surface area contributed by atoms with Crippen LogP contribution < -0.4 is 5.73 Å². The number of aryl methyl sites for hydroxylation is 1. The van der Waals surface area contributed by atoms with Crippen molar-refractivity contribution in [2.75, 3.05) is 0 Å². The zero-order valence-corrected chi connectivity index (χ0v) is 10.9. The molecule has 2 N–H and O–H groups in total. The highest BCUT2D eigenvalue weighted by Crippen LogP contribution is 2.24. The van der Waals surface area contributed by atoms with Crippen molar-refractivity contribution in [2.24, 2.45) is 12.8 Å². The van der Waals surface area contributed by atoms with Gasteiger partial charge in [-0.25, -0.2) is 0 Å². The van der Waals surface area contributed by atoms with Crippen molar-refractivity contribution in [1.82, 2.24) is 9.78 Å². The van der Waals surface area contributed by atoms with Crippen molar-refractivity contribution in [2.45, 2.75) is 23.6 Å². The van der Waals surface area contributed by atoms with Gasteiger partial charge in [0.05, 0.1) is 5.69 Å². The highest BCUT2D eigenvalue weighted by molar-refractivity contribution is 7.98. The van der Waals surface area contributed by atoms with Crippen LogP contribution in [-0.2, 0) is 12.8 Å². The highest BCUT2D eigenvalue weighted by Gasteiger charge is 2.02. The largest absolute Gasteiger partial charge is 0.324 e. The Labute approximate surface area is 106 Å². The smallest absolute Gasteiger partial charge is 0.0727 e. The van der Waals surface area contributed by atoms with Gasteiger partial charge in [0, 0.05) is 29.9 Å². The summed E-state index contributed by atoms with van der Waals surface area (Å²) < 4.78 is 1.83. The Hall–Kier alpha value is -1.26. The van der Waals surface area contributed by atoms with Crippen LogP contribution in [0.25, 0.3) is 0 Å². The first-order valence-electron chi connectivity index (χ1n) is 5.62. The van der Waals surface area contributed by atoms with Gasteiger partial charge in [0.2, 0.25) is 0 Å². The van der Waals surface area contributed by atoms with Crippen molar-refractivity contribution in [1.29, 1.82) is 0 Å². The molecule has 0 saturated carbocycles. The van der Waals surface area contributed by atoms with Gasteiger partial charge in [-0.05, 0) is 30.7 Å². The monoisotopic (exact) mass is 247 g/mol. The maximum atomic E-state index is 5.87. The van der Waals surface area contributed by atoms with E-state index in [1.54, 1.807) is 11.8 Å². The Morgan fingerprint density at radius 2 is 2.24 bits per heavy atom. The van der Waals surface area contributed by atoms with Gasteiger partial charge in [0.25, 0.3) is 0 Å². The van der Waals surface area contributed by atoms with Crippen LogP contribution in [0.4, 0.5) is 0 Å². The van der Waals surface area contributed by atoms with Crippen LogP contribution in [0, 0.1) is 0 Å². The summed E-state index contributed by atoms with van der Waals surface area (Å²) in [4.78, 5) is 1.24. The number of thioether (sulfide) groups is 1. The Bertz CT molecular complexity index is 491. The van der Waals surface area contributed by atoms with Gasteiger partial charge >= 0.3 is 0 Å². The number of hydrogen-bond acceptors (Lipinski definition) is 3. The molecule has 0 saturated heterocycles. The zero-order valence-electron chi connectivity index (χ0n) is 10.1. The first kappa shape index (κ1) is 12.2. The fourth-order valence-corrected chi connectivity index (χ4v) is 2.45. The first-order valence-corrected chi connectivity index (χ1v) is 6.60. The van der Waals surface area contributed by atoms with Crippen molar-refractivity contribution < 1.29 is 0 Å². The van der Waals surface area contributed by atoms with Crippen molar-refractivity contribution in [3.63, 3.8) is 0 Å². The number of rotatable bonds is 4. The molecule has 0 spiro atoms. The van der Waals surface area contributed by atoms with E-state index in [4.69, 9.17) is 5.73 Å². The van der Waals surface area contributed by atoms with Gasteiger partial charge < -0.3 is 5.73 Å². The molecule has 17 heavy (non-hydrogen) atoms. The van der Waals surface area contributed by atoms with Gasteiger partial charge in [0.1, 0.15) is 0 Å². The number of nitrogens with two attached hydrogens (primary N) is 1. The van der Waals surface area contributed by atoms with Crippen LogP contribution in [0.5, 0.6) is 0 Å². The van der Waals surface area contributed by atoms with Gasteiger partial charge in [-0.3, -0.25) is 4.68 Å². The van der Waals surface area contributed by atoms with E-state index in [1.807, 2.05) is 30.9 Å². The van der Waals surface area contributed by atoms with Crippen molar-refractivity contribution in [3.8, 4) is 0 Å². The van der Waals surface area contributed by atoms with E-state index in [9.17, 15) is 0 Å². The van der Waals surface area contributed by atoms with E-state index in [1.165, 1.54) is 10.5 Å². The molecule has 0 amide bonds. The molecule has 1 heterocycles. The van der Waals surface area contributed by atoms with Crippen LogP contribution >= 0.6 is 11.8 Å². The molecule has 0 radical (unpaired) electrons. The van der Waals surface area contributed by atoms with E-state index in [-0.39, 0.29) is 6.04 Å². The molecule has 0 bridgehead atoms. The van der Waals surface area contributed by atoms with E-state index in [0.717, 1.165) is 11.4 Å². The fraction of sp³-hybridized carbons (Fsp3) is 0.308. The third-order valence-corrected chi connectivity index (χ3v) is 3.57. The second-order valence-electron chi connectivity index (χ2n) is 4.13. The summed E-state index contributed by atoms with van der Waals surface area (Å²) in [5.74, 6) is 0.892. The number of benzene rings is 1. The van der Waals surface area contributed by atoms with E-state index < -0.39 is 0 Å². The summed E-state index contributed by atoms with van der Waals surface area (Å²) in [6.45, 7) is 2.00. The molecule has 2 aromatic rings. The molecule has 90 valence electrons. The maximum Gasteiger partial charge on any atom is 0.0727 e. The molecule has 1 atom stereocenters. The predicted molar refractivity (Wildman–Crippen MR) is 71.8 cm³/mol. The maximum absolute atomic E-state index is 5.87. The first-order chi connectivity index (χ1) is 8.15. The van der Waals surface area contributed by atoms with Crippen molar-refractivity contribution in [3.05, 3.63) is 47.8 Å². The molecule has 3 nitrogen and oxygen atoms in total. The van der Waals surface area contributed by atoms with Gasteiger partial charge in [-0.2, -0.15) is 5.10 Å². The van der Waals surface area contributed by atoms with Gasteiger partial charge in [-0.15, -0.1) is 11.8 Å². The molecular weight excluding hydrogens is 230 g/mol. The summed E-state index contributed by atoms with van der Waals surface area (Å²) in [6, 6.07) is 10.5. The minimum atomic E-state index is 0.0883. The molecule has 4 heteroatoms. The second kappa shape index (κ2) is 5.38. The van der Waals surface area contributed by atoms with Crippen LogP contribution in [-0.4, -0.2) is 9.78 Å². The second-order valence-corrected chi connectivity index (χ2v) is 5.18. The van der Waals surface area contributed by atoms with Gasteiger partial charge in [-0.1, -0.05) is 12.1 Å². The molecule has 1 unspecified atom stereocenters. The Kier molecular flexibility index (Phi) is 3.86. The number of hydrogen-bond donors (Lipinski definition) is 1. The average Bonchev–Trinajstić information content (AvgIpc) is 2.73. The Balaban J connectivity index is 2.01. The Morgan fingerprint density at radius 3 is 2.88 bits per heavy atom. The molecule has 1 aromatic carbocycles. The average molecular weight is 247 g/mol. The van der Waals surface area contributed by atoms with Gasteiger partial charge in [0.15, 0.2) is 0 Å². The lowest BCUT2D eigenvalue weighted by molar-refractivity contribution is 0.755. The molecule has 0 aliphatic carbocycles. The van der Waals surface area contributed by atoms with Crippen LogP contribution in [0.2, 0.25) is 0 Å². The molecule has 2 rings (SSSR count). The number of aromatic nitrogens is 2. The van der Waals surface area contributed by atoms with Crippen LogP contribution in [0.1, 0.15) is 24.2 Å². The summed E-state index contributed by atoms with van der Waals surface area (Å²) in [6.07, 6.45) is 1.97. The quantitative estimate of drug-likeness (QED) is 0.845. The highest BCUT2D eigenvalue weighted by atomic mass is 32.2. The topological polar surface area (TPSA) is 43.8 Å². The molecule has 0 aliphatic heterocycles. The summed E-state index contributed by atoms with van der Waals surface area (Å²) in [7, 11) is 1.94. The van der Waals surface area contributed by atoms with Crippen LogP contribution in [0.15, 0.2) is 41.4 Å². The molecule has 1 aromatic heterocycles. The minimum absolute atomic E-state index is 0.0883. The van der Waals surface area contributed by atoms with E-state index >= 15 is 0 Å². The van der Waals surface area contributed by atoms with E-state index in [0.29, 0.717) is 0 Å². The molecular formula is C13H17N3S. The Morgan fingerprint density at radius 1 is 1.41 bits per heavy atom. The van der Waals surface area contributed by atoms with E-state index in [2.05, 4.69) is 29.4 Å². The lowest BCUT2D eigenvalue weighted by Gasteiger charge is -2.07. The standard InChI is InChI=1S/C13H17N3S/c1-10(14)11-4-3-5-13(8-11)17-9-12-6-7-16(2)15-12/h3-8,10H,9,14H2,1-2H3. The minimum Gasteiger partial charge on any atom is -0.324 e. The third kappa shape index (κ3) is 3.35. The molecule has 0 fully saturated rings. The molecule has 0 aliphatic rings. The fourth-order valence-electron chi connectivity index (χ4n) is 1.58. The van der Waals surface area contributed by atoms with Crippen molar-refractivity contribution >= 4 is 11.8 Å². The number of nitrogens with zero attached hydrogens (tertiary/aromatic N) is 2. The predicted octanol–water partition coefficient (Wildman–Crippen LogP) is 2.73. The summed E-state index contributed by atoms with van der Waals surface area (Å²) >= 11 is 1.79. The normalized spacial score (nSPS) is 12.6. The lowest BCUT2D eigenvalue weighted by atomic mass is 10.1.